The molecule has 2 rings (SSSR count). The molecule has 0 aromatic heterocycles. The van der Waals surface area contributed by atoms with E-state index in [0.717, 1.165) is 26.0 Å². The Morgan fingerprint density at radius 1 is 1.42 bits per heavy atom. The summed E-state index contributed by atoms with van der Waals surface area (Å²) in [5.74, 6) is 0. The zero-order valence-corrected chi connectivity index (χ0v) is 12.9. The Labute approximate surface area is 117 Å². The molecule has 1 saturated carbocycles. The van der Waals surface area contributed by atoms with E-state index in [-0.39, 0.29) is 12.1 Å². The second-order valence-electron chi connectivity index (χ2n) is 6.82. The van der Waals surface area contributed by atoms with Crippen molar-refractivity contribution in [3.05, 3.63) is 0 Å². The first-order chi connectivity index (χ1) is 8.96. The maximum absolute atomic E-state index is 9.79. The van der Waals surface area contributed by atoms with Crippen LogP contribution < -0.4 is 5.32 Å². The molecule has 2 aliphatic rings. The molecule has 0 aromatic carbocycles. The monoisotopic (exact) mass is 270 g/mol. The summed E-state index contributed by atoms with van der Waals surface area (Å²) < 4.78 is 5.72. The van der Waals surface area contributed by atoms with Gasteiger partial charge in [0.15, 0.2) is 0 Å². The Balaban J connectivity index is 1.99. The van der Waals surface area contributed by atoms with Gasteiger partial charge in [0.2, 0.25) is 0 Å². The summed E-state index contributed by atoms with van der Waals surface area (Å²) in [5, 5.41) is 13.4. The van der Waals surface area contributed by atoms with Crippen molar-refractivity contribution >= 4 is 0 Å². The minimum absolute atomic E-state index is 0.0693. The van der Waals surface area contributed by atoms with Crippen LogP contribution in [0.3, 0.4) is 0 Å². The maximum Gasteiger partial charge on any atom is 0.0674 e. The number of aliphatic hydroxyl groups is 1. The molecular weight excluding hydrogens is 240 g/mol. The first kappa shape index (κ1) is 15.2. The largest absolute Gasteiger partial charge is 0.394 e. The fraction of sp³-hybridized carbons (Fsp3) is 1.00. The maximum atomic E-state index is 9.79. The molecule has 1 saturated heterocycles. The van der Waals surface area contributed by atoms with Crippen LogP contribution in [0.15, 0.2) is 0 Å². The Hall–Kier alpha value is -0.160. The van der Waals surface area contributed by atoms with Crippen molar-refractivity contribution in [1.82, 2.24) is 10.2 Å². The average Bonchev–Trinajstić information content (AvgIpc) is 2.76. The third-order valence-electron chi connectivity index (χ3n) is 4.61. The molecule has 112 valence electrons. The number of hydrogen-bond acceptors (Lipinski definition) is 4. The molecule has 1 heterocycles. The van der Waals surface area contributed by atoms with Crippen LogP contribution in [0.2, 0.25) is 0 Å². The van der Waals surface area contributed by atoms with Crippen molar-refractivity contribution in [1.29, 1.82) is 0 Å². The zero-order chi connectivity index (χ0) is 14.0. The third-order valence-corrected chi connectivity index (χ3v) is 4.61. The van der Waals surface area contributed by atoms with Crippen LogP contribution in [0, 0.1) is 0 Å². The van der Waals surface area contributed by atoms with Crippen molar-refractivity contribution in [2.45, 2.75) is 76.7 Å². The molecule has 1 aliphatic heterocycles. The molecule has 4 nitrogen and oxygen atoms in total. The molecule has 0 aromatic rings. The van der Waals surface area contributed by atoms with Gasteiger partial charge in [0.25, 0.3) is 0 Å². The molecular formula is C15H30N2O2. The van der Waals surface area contributed by atoms with E-state index in [9.17, 15) is 5.11 Å². The lowest BCUT2D eigenvalue weighted by atomic mass is 9.96. The normalized spacial score (nSPS) is 41.1. The highest BCUT2D eigenvalue weighted by atomic mass is 16.5. The van der Waals surface area contributed by atoms with Crippen LogP contribution in [-0.4, -0.2) is 59.5 Å². The standard InChI is InChI=1S/C15H30N2O2/c1-11(2)16-15(10-18)6-5-14(7-15)17-8-13(4)19-9-12(17)3/h11-14,16,18H,5-10H2,1-4H3. The van der Waals surface area contributed by atoms with Crippen LogP contribution in [0.5, 0.6) is 0 Å². The van der Waals surface area contributed by atoms with Crippen molar-refractivity contribution in [3.63, 3.8) is 0 Å². The van der Waals surface area contributed by atoms with E-state index in [1.807, 2.05) is 0 Å². The Morgan fingerprint density at radius 3 is 2.79 bits per heavy atom. The quantitative estimate of drug-likeness (QED) is 0.810. The molecule has 0 bridgehead atoms. The second-order valence-corrected chi connectivity index (χ2v) is 6.82. The number of hydrogen-bond donors (Lipinski definition) is 2. The van der Waals surface area contributed by atoms with Gasteiger partial charge in [-0.3, -0.25) is 4.90 Å². The van der Waals surface area contributed by atoms with Gasteiger partial charge in [-0.2, -0.15) is 0 Å². The Bertz CT molecular complexity index is 298. The summed E-state index contributed by atoms with van der Waals surface area (Å²) in [5.41, 5.74) is -0.0693. The molecule has 2 fully saturated rings. The summed E-state index contributed by atoms with van der Waals surface area (Å²) in [4.78, 5) is 2.59. The molecule has 0 spiro atoms. The van der Waals surface area contributed by atoms with Gasteiger partial charge < -0.3 is 15.2 Å². The first-order valence-corrected chi connectivity index (χ1v) is 7.71. The summed E-state index contributed by atoms with van der Waals surface area (Å²) >= 11 is 0. The van der Waals surface area contributed by atoms with Crippen LogP contribution in [0.4, 0.5) is 0 Å². The second kappa shape index (κ2) is 6.08. The predicted octanol–water partition coefficient (Wildman–Crippen LogP) is 1.38. The minimum atomic E-state index is -0.0693. The van der Waals surface area contributed by atoms with Gasteiger partial charge in [0.05, 0.1) is 19.3 Å². The predicted molar refractivity (Wildman–Crippen MR) is 77.3 cm³/mol. The number of nitrogens with one attached hydrogen (secondary N) is 1. The fourth-order valence-electron chi connectivity index (χ4n) is 3.75. The van der Waals surface area contributed by atoms with Gasteiger partial charge in [-0.25, -0.2) is 0 Å². The molecule has 19 heavy (non-hydrogen) atoms. The van der Waals surface area contributed by atoms with Gasteiger partial charge >= 0.3 is 0 Å². The number of morpholine rings is 1. The molecule has 4 heteroatoms. The van der Waals surface area contributed by atoms with Gasteiger partial charge in [-0.15, -0.1) is 0 Å². The van der Waals surface area contributed by atoms with E-state index in [1.54, 1.807) is 0 Å². The van der Waals surface area contributed by atoms with Crippen molar-refractivity contribution in [2.24, 2.45) is 0 Å². The number of aliphatic hydroxyl groups excluding tert-OH is 1. The molecule has 0 amide bonds. The van der Waals surface area contributed by atoms with Crippen molar-refractivity contribution in [3.8, 4) is 0 Å². The molecule has 4 atom stereocenters. The van der Waals surface area contributed by atoms with E-state index >= 15 is 0 Å². The molecule has 4 unspecified atom stereocenters. The van der Waals surface area contributed by atoms with Crippen LogP contribution >= 0.6 is 0 Å². The fourth-order valence-corrected chi connectivity index (χ4v) is 3.75. The topological polar surface area (TPSA) is 44.7 Å². The highest BCUT2D eigenvalue weighted by Crippen LogP contribution is 2.35. The Morgan fingerprint density at radius 2 is 2.16 bits per heavy atom. The zero-order valence-electron chi connectivity index (χ0n) is 12.9. The van der Waals surface area contributed by atoms with Crippen LogP contribution in [0.25, 0.3) is 0 Å². The van der Waals surface area contributed by atoms with E-state index in [4.69, 9.17) is 4.74 Å². The van der Waals surface area contributed by atoms with Gasteiger partial charge in [-0.1, -0.05) is 13.8 Å². The molecule has 1 aliphatic carbocycles. The van der Waals surface area contributed by atoms with Gasteiger partial charge in [0, 0.05) is 30.2 Å². The average molecular weight is 270 g/mol. The molecule has 2 N–H and O–H groups in total. The van der Waals surface area contributed by atoms with Gasteiger partial charge in [-0.05, 0) is 33.1 Å². The summed E-state index contributed by atoms with van der Waals surface area (Å²) in [7, 11) is 0. The lowest BCUT2D eigenvalue weighted by Gasteiger charge is -2.41. The van der Waals surface area contributed by atoms with Gasteiger partial charge in [0.1, 0.15) is 0 Å². The van der Waals surface area contributed by atoms with Crippen molar-refractivity contribution < 1.29 is 9.84 Å². The highest BCUT2D eigenvalue weighted by molar-refractivity contribution is 5.01. The SMILES string of the molecule is CC(C)NC1(CO)CCC(N2CC(C)OCC2C)C1. The summed E-state index contributed by atoms with van der Waals surface area (Å²) in [6.07, 6.45) is 3.64. The summed E-state index contributed by atoms with van der Waals surface area (Å²) in [6, 6.07) is 1.50. The summed E-state index contributed by atoms with van der Waals surface area (Å²) in [6.45, 7) is 10.8. The number of rotatable bonds is 4. The van der Waals surface area contributed by atoms with E-state index in [1.165, 1.54) is 6.42 Å². The lowest BCUT2D eigenvalue weighted by molar-refractivity contribution is -0.0663. The molecule has 0 radical (unpaired) electrons. The lowest BCUT2D eigenvalue weighted by Crippen LogP contribution is -2.54. The smallest absolute Gasteiger partial charge is 0.0674 e. The Kier molecular flexibility index (Phi) is 4.88. The minimum Gasteiger partial charge on any atom is -0.394 e. The van der Waals surface area contributed by atoms with Crippen LogP contribution in [-0.2, 0) is 4.74 Å². The van der Waals surface area contributed by atoms with E-state index < -0.39 is 0 Å². The van der Waals surface area contributed by atoms with E-state index in [0.29, 0.717) is 24.2 Å². The number of ether oxygens (including phenoxy) is 1. The third kappa shape index (κ3) is 3.48. The highest BCUT2D eigenvalue weighted by Gasteiger charge is 2.43. The first-order valence-electron chi connectivity index (χ1n) is 7.71. The van der Waals surface area contributed by atoms with Crippen molar-refractivity contribution in [2.75, 3.05) is 19.8 Å². The van der Waals surface area contributed by atoms with E-state index in [2.05, 4.69) is 37.9 Å². The number of nitrogens with zero attached hydrogens (tertiary/aromatic N) is 1. The van der Waals surface area contributed by atoms with Crippen LogP contribution in [0.1, 0.15) is 47.0 Å².